The zero-order chi connectivity index (χ0) is 12.9. The molecule has 2 nitrogen and oxygen atoms in total. The highest BCUT2D eigenvalue weighted by molar-refractivity contribution is 5.13. The Morgan fingerprint density at radius 3 is 2.28 bits per heavy atom. The van der Waals surface area contributed by atoms with Crippen molar-refractivity contribution >= 4 is 0 Å². The van der Waals surface area contributed by atoms with Gasteiger partial charge in [0.2, 0.25) is 0 Å². The Hall–Kier alpha value is -0.0800. The van der Waals surface area contributed by atoms with E-state index < -0.39 is 0 Å². The molecule has 0 radical (unpaired) electrons. The molecule has 0 aromatic rings. The third-order valence-corrected chi connectivity index (χ3v) is 5.54. The van der Waals surface area contributed by atoms with Gasteiger partial charge in [-0.25, -0.2) is 0 Å². The topological polar surface area (TPSA) is 24.1 Å². The van der Waals surface area contributed by atoms with Crippen LogP contribution in [-0.4, -0.2) is 24.7 Å². The van der Waals surface area contributed by atoms with Crippen molar-refractivity contribution < 1.29 is 0 Å². The molecule has 0 saturated heterocycles. The molecule has 0 amide bonds. The zero-order valence-corrected chi connectivity index (χ0v) is 12.5. The molecule has 0 aromatic carbocycles. The highest BCUT2D eigenvalue weighted by atomic mass is 15.0. The molecule has 3 aliphatic rings. The Kier molecular flexibility index (Phi) is 3.22. The van der Waals surface area contributed by atoms with Gasteiger partial charge in [0.25, 0.3) is 0 Å². The molecule has 0 heterocycles. The molecule has 18 heavy (non-hydrogen) atoms. The molecule has 0 aliphatic heterocycles. The average molecular weight is 250 g/mol. The van der Waals surface area contributed by atoms with Gasteiger partial charge in [-0.05, 0) is 83.1 Å². The van der Waals surface area contributed by atoms with Gasteiger partial charge < -0.3 is 10.6 Å². The predicted octanol–water partition coefficient (Wildman–Crippen LogP) is 2.64. The fraction of sp³-hybridized carbons (Fsp3) is 1.00. The van der Waals surface area contributed by atoms with E-state index in [1.54, 1.807) is 19.3 Å². The van der Waals surface area contributed by atoms with E-state index in [1.807, 2.05) is 0 Å². The van der Waals surface area contributed by atoms with Crippen molar-refractivity contribution in [1.29, 1.82) is 0 Å². The van der Waals surface area contributed by atoms with Gasteiger partial charge in [-0.1, -0.05) is 0 Å². The van der Waals surface area contributed by atoms with Gasteiger partial charge in [-0.2, -0.15) is 0 Å². The maximum atomic E-state index is 3.75. The molecule has 5 unspecified atom stereocenters. The molecular formula is C16H30N2. The van der Waals surface area contributed by atoms with Crippen LogP contribution in [0.25, 0.3) is 0 Å². The molecule has 2 heteroatoms. The molecule has 3 rings (SSSR count). The van der Waals surface area contributed by atoms with E-state index >= 15 is 0 Å². The van der Waals surface area contributed by atoms with Gasteiger partial charge >= 0.3 is 0 Å². The molecule has 3 aliphatic carbocycles. The smallest absolute Gasteiger partial charge is 0.0164 e. The summed E-state index contributed by atoms with van der Waals surface area (Å²) in [6.07, 6.45) is 4.67. The second-order valence-corrected chi connectivity index (χ2v) is 8.09. The lowest BCUT2D eigenvalue weighted by Gasteiger charge is -2.24. The van der Waals surface area contributed by atoms with E-state index in [-0.39, 0.29) is 5.54 Å². The normalized spacial score (nSPS) is 43.0. The highest BCUT2D eigenvalue weighted by Gasteiger charge is 2.64. The van der Waals surface area contributed by atoms with Crippen molar-refractivity contribution in [2.24, 2.45) is 29.6 Å². The third kappa shape index (κ3) is 2.46. The summed E-state index contributed by atoms with van der Waals surface area (Å²) in [5, 5.41) is 7.34. The van der Waals surface area contributed by atoms with Gasteiger partial charge in [-0.15, -0.1) is 0 Å². The molecular weight excluding hydrogens is 220 g/mol. The van der Waals surface area contributed by atoms with Crippen molar-refractivity contribution in [1.82, 2.24) is 10.6 Å². The fourth-order valence-corrected chi connectivity index (χ4v) is 4.65. The van der Waals surface area contributed by atoms with Crippen LogP contribution in [0.1, 0.15) is 47.0 Å². The van der Waals surface area contributed by atoms with Crippen molar-refractivity contribution in [2.75, 3.05) is 13.1 Å². The van der Waals surface area contributed by atoms with Crippen LogP contribution in [0.15, 0.2) is 0 Å². The van der Waals surface area contributed by atoms with Crippen LogP contribution in [0.2, 0.25) is 0 Å². The first-order valence-electron chi connectivity index (χ1n) is 7.94. The summed E-state index contributed by atoms with van der Waals surface area (Å²) in [5.41, 5.74) is 0.241. The Morgan fingerprint density at radius 2 is 1.72 bits per heavy atom. The monoisotopic (exact) mass is 250 g/mol. The Labute approximate surface area is 112 Å². The third-order valence-electron chi connectivity index (χ3n) is 5.54. The van der Waals surface area contributed by atoms with Gasteiger partial charge in [0.15, 0.2) is 0 Å². The van der Waals surface area contributed by atoms with Crippen molar-refractivity contribution in [2.45, 2.75) is 58.5 Å². The molecule has 2 N–H and O–H groups in total. The van der Waals surface area contributed by atoms with Crippen LogP contribution in [-0.2, 0) is 0 Å². The Bertz CT molecular complexity index is 291. The minimum Gasteiger partial charge on any atom is -0.313 e. The summed E-state index contributed by atoms with van der Waals surface area (Å²) in [6, 6.07) is 0.600. The Balaban J connectivity index is 1.36. The van der Waals surface area contributed by atoms with Crippen LogP contribution < -0.4 is 10.6 Å². The standard InChI is InChI=1S/C16H30N2/c1-10(8-18-16(2,3)4)17-9-13-14-11-5-6-12(7-11)15(13)14/h10-15,17-18H,5-9H2,1-4H3. The summed E-state index contributed by atoms with van der Waals surface area (Å²) < 4.78 is 0. The quantitative estimate of drug-likeness (QED) is 0.784. The van der Waals surface area contributed by atoms with Gasteiger partial charge in [-0.3, -0.25) is 0 Å². The van der Waals surface area contributed by atoms with Crippen LogP contribution in [0.5, 0.6) is 0 Å². The predicted molar refractivity (Wildman–Crippen MR) is 76.5 cm³/mol. The van der Waals surface area contributed by atoms with Crippen LogP contribution in [0.4, 0.5) is 0 Å². The van der Waals surface area contributed by atoms with Crippen molar-refractivity contribution in [3.8, 4) is 0 Å². The van der Waals surface area contributed by atoms with E-state index in [0.717, 1.165) is 36.1 Å². The zero-order valence-electron chi connectivity index (χ0n) is 12.5. The molecule has 5 atom stereocenters. The molecule has 3 saturated carbocycles. The molecule has 0 aromatic heterocycles. The number of rotatable bonds is 5. The first-order valence-corrected chi connectivity index (χ1v) is 7.94. The second-order valence-electron chi connectivity index (χ2n) is 8.09. The van der Waals surface area contributed by atoms with E-state index in [2.05, 4.69) is 38.3 Å². The molecule has 0 spiro atoms. The summed E-state index contributed by atoms with van der Waals surface area (Å²) >= 11 is 0. The Morgan fingerprint density at radius 1 is 1.11 bits per heavy atom. The second kappa shape index (κ2) is 4.49. The lowest BCUT2D eigenvalue weighted by Crippen LogP contribution is -2.45. The highest BCUT2D eigenvalue weighted by Crippen LogP contribution is 2.69. The first kappa shape index (κ1) is 12.9. The van der Waals surface area contributed by atoms with Crippen molar-refractivity contribution in [3.63, 3.8) is 0 Å². The number of fused-ring (bicyclic) bond motifs is 5. The lowest BCUT2D eigenvalue weighted by molar-refractivity contribution is 0.372. The van der Waals surface area contributed by atoms with E-state index in [9.17, 15) is 0 Å². The number of hydrogen-bond donors (Lipinski definition) is 2. The van der Waals surface area contributed by atoms with Gasteiger partial charge in [0.05, 0.1) is 0 Å². The van der Waals surface area contributed by atoms with Crippen molar-refractivity contribution in [3.05, 3.63) is 0 Å². The SMILES string of the molecule is CC(CNC(C)(C)C)NCC1C2C3CCC(C3)C12. The van der Waals surface area contributed by atoms with Gasteiger partial charge in [0.1, 0.15) is 0 Å². The van der Waals surface area contributed by atoms with Crippen LogP contribution >= 0.6 is 0 Å². The summed E-state index contributed by atoms with van der Waals surface area (Å²) in [7, 11) is 0. The minimum absolute atomic E-state index is 0.241. The van der Waals surface area contributed by atoms with E-state index in [4.69, 9.17) is 0 Å². The van der Waals surface area contributed by atoms with E-state index in [1.165, 1.54) is 6.54 Å². The van der Waals surface area contributed by atoms with Gasteiger partial charge in [0, 0.05) is 18.1 Å². The summed E-state index contributed by atoms with van der Waals surface area (Å²) in [6.45, 7) is 11.4. The number of hydrogen-bond acceptors (Lipinski definition) is 2. The fourth-order valence-electron chi connectivity index (χ4n) is 4.65. The van der Waals surface area contributed by atoms with E-state index in [0.29, 0.717) is 6.04 Å². The number of nitrogens with one attached hydrogen (secondary N) is 2. The van der Waals surface area contributed by atoms with Crippen LogP contribution in [0, 0.1) is 29.6 Å². The maximum absolute atomic E-state index is 3.75. The summed E-state index contributed by atoms with van der Waals surface area (Å²) in [5.74, 6) is 5.52. The largest absolute Gasteiger partial charge is 0.313 e. The maximum Gasteiger partial charge on any atom is 0.0164 e. The summed E-state index contributed by atoms with van der Waals surface area (Å²) in [4.78, 5) is 0. The molecule has 3 fully saturated rings. The average Bonchev–Trinajstić information content (AvgIpc) is 2.67. The lowest BCUT2D eigenvalue weighted by atomic mass is 10.0. The van der Waals surface area contributed by atoms with Crippen LogP contribution in [0.3, 0.4) is 0 Å². The first-order chi connectivity index (χ1) is 8.46. The molecule has 104 valence electrons. The molecule has 2 bridgehead atoms. The minimum atomic E-state index is 0.241.